The number of benzene rings is 1. The first-order valence-electron chi connectivity index (χ1n) is 8.67. The third-order valence-corrected chi connectivity index (χ3v) is 4.78. The van der Waals surface area contributed by atoms with Gasteiger partial charge in [-0.25, -0.2) is 0 Å². The summed E-state index contributed by atoms with van der Waals surface area (Å²) in [6.07, 6.45) is 8.74. The van der Waals surface area contributed by atoms with E-state index in [1.165, 1.54) is 24.8 Å². The molecule has 0 unspecified atom stereocenters. The topological polar surface area (TPSA) is 42.2 Å². The number of carbonyl (C=O) groups is 1. The second-order valence-corrected chi connectivity index (χ2v) is 6.49. The van der Waals surface area contributed by atoms with E-state index in [2.05, 4.69) is 17.4 Å². The smallest absolute Gasteiger partial charge is 0.220 e. The molecule has 0 spiro atoms. The summed E-state index contributed by atoms with van der Waals surface area (Å²) in [4.78, 5) is 12.3. The first kappa shape index (κ1) is 15.9. The highest BCUT2D eigenvalue weighted by molar-refractivity contribution is 5.76. The van der Waals surface area contributed by atoms with Gasteiger partial charge in [0.25, 0.3) is 0 Å². The zero-order chi connectivity index (χ0) is 15.9. The van der Waals surface area contributed by atoms with Crippen LogP contribution in [0.25, 0.3) is 0 Å². The second-order valence-electron chi connectivity index (χ2n) is 6.49. The minimum absolute atomic E-state index is 0.171. The second kappa shape index (κ2) is 8.00. The highest BCUT2D eigenvalue weighted by atomic mass is 16.3. The fraction of sp³-hybridized carbons (Fsp3) is 0.450. The van der Waals surface area contributed by atoms with Gasteiger partial charge in [-0.05, 0) is 42.9 Å². The van der Waals surface area contributed by atoms with Crippen molar-refractivity contribution in [3.63, 3.8) is 0 Å². The Kier molecular flexibility index (Phi) is 5.51. The van der Waals surface area contributed by atoms with Gasteiger partial charge in [-0.3, -0.25) is 4.79 Å². The highest BCUT2D eigenvalue weighted by Crippen LogP contribution is 2.28. The number of nitrogens with one attached hydrogen (secondary N) is 1. The number of rotatable bonds is 6. The van der Waals surface area contributed by atoms with Gasteiger partial charge in [0.2, 0.25) is 5.91 Å². The summed E-state index contributed by atoms with van der Waals surface area (Å²) in [7, 11) is 0. The summed E-state index contributed by atoms with van der Waals surface area (Å²) >= 11 is 0. The van der Waals surface area contributed by atoms with E-state index < -0.39 is 0 Å². The third-order valence-electron chi connectivity index (χ3n) is 4.78. The highest BCUT2D eigenvalue weighted by Gasteiger charge is 2.27. The van der Waals surface area contributed by atoms with Crippen molar-refractivity contribution in [1.29, 1.82) is 0 Å². The maximum atomic E-state index is 12.3. The van der Waals surface area contributed by atoms with Crippen LogP contribution < -0.4 is 5.32 Å². The molecule has 1 amide bonds. The molecule has 0 bridgehead atoms. The molecule has 23 heavy (non-hydrogen) atoms. The lowest BCUT2D eigenvalue weighted by Crippen LogP contribution is -2.42. The van der Waals surface area contributed by atoms with Gasteiger partial charge in [0.05, 0.1) is 6.26 Å². The maximum absolute atomic E-state index is 12.3. The van der Waals surface area contributed by atoms with E-state index in [0.29, 0.717) is 12.3 Å². The van der Waals surface area contributed by atoms with Gasteiger partial charge in [-0.15, -0.1) is 0 Å². The van der Waals surface area contributed by atoms with Crippen LogP contribution in [0.15, 0.2) is 53.1 Å². The Hall–Kier alpha value is -2.03. The fourth-order valence-electron chi connectivity index (χ4n) is 3.51. The molecule has 3 nitrogen and oxygen atoms in total. The van der Waals surface area contributed by atoms with Crippen LogP contribution in [-0.4, -0.2) is 11.9 Å². The lowest BCUT2D eigenvalue weighted by Gasteiger charge is -2.31. The van der Waals surface area contributed by atoms with Crippen LogP contribution >= 0.6 is 0 Å². The van der Waals surface area contributed by atoms with E-state index in [-0.39, 0.29) is 11.9 Å². The summed E-state index contributed by atoms with van der Waals surface area (Å²) in [6.45, 7) is 0. The van der Waals surface area contributed by atoms with Gasteiger partial charge >= 0.3 is 0 Å². The van der Waals surface area contributed by atoms with Crippen LogP contribution in [0.1, 0.15) is 43.4 Å². The van der Waals surface area contributed by atoms with Crippen molar-refractivity contribution in [2.75, 3.05) is 0 Å². The molecule has 122 valence electrons. The first-order valence-corrected chi connectivity index (χ1v) is 8.67. The Morgan fingerprint density at radius 3 is 2.70 bits per heavy atom. The average Bonchev–Trinajstić information content (AvgIpc) is 3.09. The molecular formula is C20H25NO2. The molecular weight excluding hydrogens is 286 g/mol. The summed E-state index contributed by atoms with van der Waals surface area (Å²) < 4.78 is 5.48. The summed E-state index contributed by atoms with van der Waals surface area (Å²) in [6, 6.07) is 14.5. The molecule has 3 heteroatoms. The van der Waals surface area contributed by atoms with Crippen molar-refractivity contribution >= 4 is 5.91 Å². The molecule has 0 aliphatic heterocycles. The first-order chi connectivity index (χ1) is 11.3. The zero-order valence-corrected chi connectivity index (χ0v) is 13.5. The van der Waals surface area contributed by atoms with E-state index in [4.69, 9.17) is 4.42 Å². The zero-order valence-electron chi connectivity index (χ0n) is 13.5. The quantitative estimate of drug-likeness (QED) is 0.871. The normalized spacial score (nSPS) is 21.0. The van der Waals surface area contributed by atoms with Gasteiger partial charge < -0.3 is 9.73 Å². The minimum Gasteiger partial charge on any atom is -0.469 e. The number of carbonyl (C=O) groups excluding carboxylic acids is 1. The minimum atomic E-state index is 0.171. The maximum Gasteiger partial charge on any atom is 0.220 e. The molecule has 0 saturated heterocycles. The van der Waals surface area contributed by atoms with E-state index in [1.54, 1.807) is 6.26 Å². The predicted octanol–water partition coefficient (Wildman–Crippen LogP) is 4.13. The molecule has 3 rings (SSSR count). The monoisotopic (exact) mass is 311 g/mol. The van der Waals surface area contributed by atoms with Crippen molar-refractivity contribution in [2.24, 2.45) is 5.92 Å². The van der Waals surface area contributed by atoms with E-state index in [1.807, 2.05) is 30.3 Å². The van der Waals surface area contributed by atoms with Gasteiger partial charge in [0.1, 0.15) is 5.76 Å². The van der Waals surface area contributed by atoms with Gasteiger partial charge in [-0.2, -0.15) is 0 Å². The van der Waals surface area contributed by atoms with Crippen LogP contribution in [0.3, 0.4) is 0 Å². The van der Waals surface area contributed by atoms with Crippen molar-refractivity contribution in [3.05, 3.63) is 60.1 Å². The standard InChI is InChI=1S/C20H25NO2/c22-20(13-12-16-7-2-1-3-8-16)21-19-11-5-4-9-17(19)15-18-10-6-14-23-18/h1-3,6-8,10,14,17,19H,4-5,9,11-13,15H2,(H,21,22)/t17-,19-/m0/s1. The fourth-order valence-corrected chi connectivity index (χ4v) is 3.51. The summed E-state index contributed by atoms with van der Waals surface area (Å²) in [5.41, 5.74) is 1.22. The SMILES string of the molecule is O=C(CCc1ccccc1)N[C@H]1CCCC[C@H]1Cc1ccco1. The Labute approximate surface area is 138 Å². The Balaban J connectivity index is 1.51. The molecule has 1 fully saturated rings. The number of amides is 1. The van der Waals surface area contributed by atoms with Gasteiger partial charge in [0.15, 0.2) is 0 Å². The molecule has 2 atom stereocenters. The number of hydrogen-bond acceptors (Lipinski definition) is 2. The molecule has 1 aliphatic rings. The van der Waals surface area contributed by atoms with E-state index in [9.17, 15) is 4.79 Å². The molecule has 1 heterocycles. The molecule has 0 radical (unpaired) electrons. The molecule has 1 N–H and O–H groups in total. The van der Waals surface area contributed by atoms with Gasteiger partial charge in [-0.1, -0.05) is 43.2 Å². The molecule has 1 aliphatic carbocycles. The number of aryl methyl sites for hydroxylation is 1. The molecule has 1 saturated carbocycles. The summed E-state index contributed by atoms with van der Waals surface area (Å²) in [5, 5.41) is 3.27. The predicted molar refractivity (Wildman–Crippen MR) is 91.1 cm³/mol. The number of furan rings is 1. The Morgan fingerprint density at radius 2 is 1.91 bits per heavy atom. The Bertz CT molecular complexity index is 591. The largest absolute Gasteiger partial charge is 0.469 e. The van der Waals surface area contributed by atoms with Gasteiger partial charge in [0, 0.05) is 18.9 Å². The van der Waals surface area contributed by atoms with E-state index >= 15 is 0 Å². The van der Waals surface area contributed by atoms with Crippen LogP contribution in [0.4, 0.5) is 0 Å². The number of hydrogen-bond donors (Lipinski definition) is 1. The third kappa shape index (κ3) is 4.72. The molecule has 1 aromatic heterocycles. The van der Waals surface area contributed by atoms with Crippen LogP contribution in [0, 0.1) is 5.92 Å². The van der Waals surface area contributed by atoms with Crippen molar-refractivity contribution in [3.8, 4) is 0 Å². The lowest BCUT2D eigenvalue weighted by atomic mass is 9.81. The van der Waals surface area contributed by atoms with Crippen LogP contribution in [0.2, 0.25) is 0 Å². The van der Waals surface area contributed by atoms with E-state index in [0.717, 1.165) is 25.0 Å². The average molecular weight is 311 g/mol. The Morgan fingerprint density at radius 1 is 1.09 bits per heavy atom. The van der Waals surface area contributed by atoms with Crippen molar-refractivity contribution in [2.45, 2.75) is 51.0 Å². The van der Waals surface area contributed by atoms with Crippen molar-refractivity contribution in [1.82, 2.24) is 5.32 Å². The lowest BCUT2D eigenvalue weighted by molar-refractivity contribution is -0.122. The van der Waals surface area contributed by atoms with Crippen molar-refractivity contribution < 1.29 is 9.21 Å². The van der Waals surface area contributed by atoms with Crippen LogP contribution in [0.5, 0.6) is 0 Å². The molecule has 1 aromatic carbocycles. The summed E-state index contributed by atoms with van der Waals surface area (Å²) in [5.74, 6) is 1.70. The van der Waals surface area contributed by atoms with Crippen LogP contribution in [-0.2, 0) is 17.6 Å². The molecule has 2 aromatic rings.